The van der Waals surface area contributed by atoms with E-state index in [9.17, 15) is 0 Å². The fraction of sp³-hybridized carbons (Fsp3) is 0.600. The smallest absolute Gasteiger partial charge is 0.00169 e. The molecule has 2 N–H and O–H groups in total. The van der Waals surface area contributed by atoms with Crippen LogP contribution in [0, 0.1) is 5.92 Å². The molecule has 0 heterocycles. The highest BCUT2D eigenvalue weighted by Gasteiger charge is 1.84. The van der Waals surface area contributed by atoms with E-state index in [-0.39, 0.29) is 0 Å². The van der Waals surface area contributed by atoms with Crippen LogP contribution >= 0.6 is 0 Å². The molecule has 0 saturated heterocycles. The predicted octanol–water partition coefficient (Wildman–Crippen LogP) is 0.767. The molecule has 0 rings (SSSR count). The average molecular weight is 85.2 g/mol. The van der Waals surface area contributed by atoms with E-state index in [0.717, 1.165) is 0 Å². The maximum Gasteiger partial charge on any atom is -0.00169 e. The third kappa shape index (κ3) is 1.97. The summed E-state index contributed by atoms with van der Waals surface area (Å²) in [6.45, 7) is 6.30. The van der Waals surface area contributed by atoms with Crippen molar-refractivity contribution in [3.8, 4) is 0 Å². The summed E-state index contributed by atoms with van der Waals surface area (Å²) < 4.78 is 0. The first-order valence-electron chi connectivity index (χ1n) is 2.14. The molecule has 0 bridgehead atoms. The van der Waals surface area contributed by atoms with E-state index >= 15 is 0 Å². The van der Waals surface area contributed by atoms with Gasteiger partial charge in [-0.1, -0.05) is 13.0 Å². The van der Waals surface area contributed by atoms with Gasteiger partial charge in [-0.2, -0.15) is 0 Å². The zero-order chi connectivity index (χ0) is 4.99. The van der Waals surface area contributed by atoms with Crippen molar-refractivity contribution in [2.45, 2.75) is 6.92 Å². The van der Waals surface area contributed by atoms with Crippen LogP contribution in [-0.4, -0.2) is 6.54 Å². The highest BCUT2D eigenvalue weighted by molar-refractivity contribution is 4.74. The molecule has 0 aliphatic carbocycles. The Hall–Kier alpha value is -0.300. The molecule has 0 fully saturated rings. The molecule has 0 aliphatic heterocycles. The van der Waals surface area contributed by atoms with Crippen LogP contribution in [-0.2, 0) is 0 Å². The van der Waals surface area contributed by atoms with Gasteiger partial charge in [-0.3, -0.25) is 0 Å². The van der Waals surface area contributed by atoms with Gasteiger partial charge < -0.3 is 5.73 Å². The molecule has 1 unspecified atom stereocenters. The number of hydrogen-bond donors (Lipinski definition) is 1. The third-order valence-electron chi connectivity index (χ3n) is 0.774. The maximum atomic E-state index is 5.21. The van der Waals surface area contributed by atoms with Crippen LogP contribution in [0.4, 0.5) is 0 Å². The molecule has 0 aromatic rings. The number of rotatable bonds is 2. The highest BCUT2D eigenvalue weighted by atomic mass is 14.5. The zero-order valence-corrected chi connectivity index (χ0v) is 4.15. The minimum atomic E-state index is 0.477. The summed E-state index contributed by atoms with van der Waals surface area (Å²) in [7, 11) is 0. The lowest BCUT2D eigenvalue weighted by Gasteiger charge is -1.94. The topological polar surface area (TPSA) is 26.0 Å². The molecule has 0 aliphatic rings. The zero-order valence-electron chi connectivity index (χ0n) is 4.15. The van der Waals surface area contributed by atoms with Gasteiger partial charge >= 0.3 is 0 Å². The van der Waals surface area contributed by atoms with Crippen LogP contribution in [0.2, 0.25) is 0 Å². The average Bonchev–Trinajstić information content (AvgIpc) is 1.65. The van der Waals surface area contributed by atoms with Gasteiger partial charge in [0.05, 0.1) is 0 Å². The summed E-state index contributed by atoms with van der Waals surface area (Å²) in [5.74, 6) is 0.477. The molecule has 36 valence electrons. The Morgan fingerprint density at radius 3 is 2.50 bits per heavy atom. The van der Waals surface area contributed by atoms with Gasteiger partial charge in [0.2, 0.25) is 0 Å². The van der Waals surface area contributed by atoms with E-state index in [1.54, 1.807) is 0 Å². The van der Waals surface area contributed by atoms with Crippen LogP contribution in [0.5, 0.6) is 0 Å². The monoisotopic (exact) mass is 85.1 g/mol. The first-order valence-corrected chi connectivity index (χ1v) is 2.14. The van der Waals surface area contributed by atoms with Gasteiger partial charge in [0.15, 0.2) is 0 Å². The van der Waals surface area contributed by atoms with Crippen molar-refractivity contribution in [2.24, 2.45) is 11.7 Å². The summed E-state index contributed by atoms with van der Waals surface area (Å²) in [6, 6.07) is 0. The minimum Gasteiger partial charge on any atom is -0.330 e. The summed E-state index contributed by atoms with van der Waals surface area (Å²) in [5, 5.41) is 0. The van der Waals surface area contributed by atoms with Gasteiger partial charge in [-0.25, -0.2) is 0 Å². The fourth-order valence-corrected chi connectivity index (χ4v) is 0.0962. The van der Waals surface area contributed by atoms with Crippen molar-refractivity contribution in [1.82, 2.24) is 0 Å². The quantitative estimate of drug-likeness (QED) is 0.492. The first kappa shape index (κ1) is 5.70. The van der Waals surface area contributed by atoms with Crippen molar-refractivity contribution in [3.05, 3.63) is 12.7 Å². The van der Waals surface area contributed by atoms with Gasteiger partial charge in [0.25, 0.3) is 0 Å². The first-order chi connectivity index (χ1) is 2.81. The molecular weight excluding hydrogens is 74.1 g/mol. The van der Waals surface area contributed by atoms with E-state index in [4.69, 9.17) is 5.73 Å². The molecule has 1 atom stereocenters. The van der Waals surface area contributed by atoms with Crippen LogP contribution < -0.4 is 5.73 Å². The van der Waals surface area contributed by atoms with Crippen LogP contribution in [0.15, 0.2) is 12.7 Å². The molecule has 1 heteroatoms. The molecule has 0 radical (unpaired) electrons. The van der Waals surface area contributed by atoms with Gasteiger partial charge in [-0.15, -0.1) is 6.58 Å². The van der Waals surface area contributed by atoms with Gasteiger partial charge in [0, 0.05) is 0 Å². The van der Waals surface area contributed by atoms with E-state index in [0.29, 0.717) is 12.5 Å². The largest absolute Gasteiger partial charge is 0.330 e. The highest BCUT2D eigenvalue weighted by Crippen LogP contribution is 1.87. The van der Waals surface area contributed by atoms with Crippen molar-refractivity contribution in [2.75, 3.05) is 6.54 Å². The van der Waals surface area contributed by atoms with Crippen LogP contribution in [0.1, 0.15) is 6.92 Å². The standard InChI is InChI=1S/C5H11N/c1-3-5(2)4-6/h3,5H,1,4,6H2,2H3. The summed E-state index contributed by atoms with van der Waals surface area (Å²) in [5.41, 5.74) is 5.21. The second-order valence-corrected chi connectivity index (χ2v) is 1.45. The Morgan fingerprint density at radius 1 is 2.00 bits per heavy atom. The molecule has 0 saturated carbocycles. The Labute approximate surface area is 38.8 Å². The van der Waals surface area contributed by atoms with E-state index < -0.39 is 0 Å². The normalized spacial score (nSPS) is 13.7. The van der Waals surface area contributed by atoms with E-state index in [2.05, 4.69) is 6.58 Å². The number of hydrogen-bond acceptors (Lipinski definition) is 1. The fourth-order valence-electron chi connectivity index (χ4n) is 0.0962. The third-order valence-corrected chi connectivity index (χ3v) is 0.774. The molecular formula is C5H11N. The molecule has 6 heavy (non-hydrogen) atoms. The van der Waals surface area contributed by atoms with Gasteiger partial charge in [0.1, 0.15) is 0 Å². The van der Waals surface area contributed by atoms with Crippen molar-refractivity contribution in [1.29, 1.82) is 0 Å². The molecule has 0 amide bonds. The Kier molecular flexibility index (Phi) is 2.77. The van der Waals surface area contributed by atoms with Crippen molar-refractivity contribution >= 4 is 0 Å². The predicted molar refractivity (Wildman–Crippen MR) is 28.4 cm³/mol. The molecule has 0 aromatic heterocycles. The lowest BCUT2D eigenvalue weighted by molar-refractivity contribution is 0.742. The van der Waals surface area contributed by atoms with Crippen molar-refractivity contribution in [3.63, 3.8) is 0 Å². The Bertz CT molecular complexity index is 41.2. The summed E-state index contributed by atoms with van der Waals surface area (Å²) in [6.07, 6.45) is 1.85. The van der Waals surface area contributed by atoms with E-state index in [1.165, 1.54) is 0 Å². The Morgan fingerprint density at radius 2 is 2.50 bits per heavy atom. The summed E-state index contributed by atoms with van der Waals surface area (Å²) in [4.78, 5) is 0. The maximum absolute atomic E-state index is 5.21. The lowest BCUT2D eigenvalue weighted by atomic mass is 10.2. The summed E-state index contributed by atoms with van der Waals surface area (Å²) >= 11 is 0. The lowest BCUT2D eigenvalue weighted by Crippen LogP contribution is -2.06. The van der Waals surface area contributed by atoms with Crippen molar-refractivity contribution < 1.29 is 0 Å². The Balaban J connectivity index is 2.96. The van der Waals surface area contributed by atoms with Crippen LogP contribution in [0.25, 0.3) is 0 Å². The second-order valence-electron chi connectivity index (χ2n) is 1.45. The second kappa shape index (κ2) is 2.91. The SMILES string of the molecule is C=CC(C)CN. The van der Waals surface area contributed by atoms with Gasteiger partial charge in [-0.05, 0) is 12.5 Å². The molecule has 0 aromatic carbocycles. The van der Waals surface area contributed by atoms with E-state index in [1.807, 2.05) is 13.0 Å². The number of nitrogens with two attached hydrogens (primary N) is 1. The molecule has 1 nitrogen and oxygen atoms in total. The minimum absolute atomic E-state index is 0.477. The molecule has 0 spiro atoms. The van der Waals surface area contributed by atoms with Crippen LogP contribution in [0.3, 0.4) is 0 Å².